The maximum Gasteiger partial charge on any atom is 4.00 e. The van der Waals surface area contributed by atoms with E-state index in [0.717, 1.165) is 0 Å². The Morgan fingerprint density at radius 1 is 0.792 bits per heavy atom. The number of hydrogen-bond donors (Lipinski definition) is 0. The molecule has 0 saturated carbocycles. The summed E-state index contributed by atoms with van der Waals surface area (Å²) in [5.74, 6) is 0. The van der Waals surface area contributed by atoms with Gasteiger partial charge >= 0.3 is 26.2 Å². The number of aryl methyl sites for hydroxylation is 1. The Morgan fingerprint density at radius 2 is 1.25 bits per heavy atom. The van der Waals surface area contributed by atoms with Crippen molar-refractivity contribution >= 4 is 0 Å². The largest absolute Gasteiger partial charge is 4.00 e. The summed E-state index contributed by atoms with van der Waals surface area (Å²) in [6.45, 7) is 13.2. The monoisotopic (exact) mass is 444 g/mol. The van der Waals surface area contributed by atoms with Gasteiger partial charge in [-0.25, -0.2) is 12.1 Å². The summed E-state index contributed by atoms with van der Waals surface area (Å²) in [6, 6.07) is 8.67. The molecule has 0 amide bonds. The summed E-state index contributed by atoms with van der Waals surface area (Å²) in [4.78, 5) is 0. The zero-order valence-electron chi connectivity index (χ0n) is 16.1. The number of hydrogen-bond acceptors (Lipinski definition) is 0. The molecule has 0 heterocycles. The molecule has 0 bridgehead atoms. The molecule has 134 valence electrons. The van der Waals surface area contributed by atoms with Crippen molar-refractivity contribution in [3.63, 3.8) is 0 Å². The molecule has 0 N–H and O–H groups in total. The van der Waals surface area contributed by atoms with Gasteiger partial charge in [0.25, 0.3) is 0 Å². The predicted molar refractivity (Wildman–Crippen MR) is 95.6 cm³/mol. The van der Waals surface area contributed by atoms with Crippen molar-refractivity contribution < 1.29 is 51.0 Å². The first-order chi connectivity index (χ1) is 9.99. The SMILES string of the molecule is CCCCCC[c-]1cccc1.Cc1c(C)c(C)[c-](C)c1C.[Cl-].[Cl-].[Zr+4]. The molecule has 0 fully saturated rings. The van der Waals surface area contributed by atoms with Crippen molar-refractivity contribution in [1.82, 2.24) is 0 Å². The number of unbranched alkanes of at least 4 members (excludes halogenated alkanes) is 3. The molecule has 2 aromatic rings. The Bertz CT molecular complexity index is 444. The molecule has 0 aliphatic carbocycles. The Morgan fingerprint density at radius 3 is 1.58 bits per heavy atom. The van der Waals surface area contributed by atoms with Crippen LogP contribution in [0.3, 0.4) is 0 Å². The van der Waals surface area contributed by atoms with E-state index in [2.05, 4.69) is 65.8 Å². The second-order valence-electron chi connectivity index (χ2n) is 6.23. The van der Waals surface area contributed by atoms with Crippen molar-refractivity contribution in [2.24, 2.45) is 0 Å². The van der Waals surface area contributed by atoms with E-state index in [-0.39, 0.29) is 51.0 Å². The van der Waals surface area contributed by atoms with E-state index in [4.69, 9.17) is 0 Å². The first-order valence-electron chi connectivity index (χ1n) is 8.39. The molecule has 0 nitrogen and oxygen atoms in total. The maximum atomic E-state index is 2.25. The van der Waals surface area contributed by atoms with Crippen molar-refractivity contribution in [1.29, 1.82) is 0 Å². The molecular formula is C21H32Cl2Zr. The van der Waals surface area contributed by atoms with Crippen LogP contribution in [0.15, 0.2) is 24.3 Å². The molecule has 0 aliphatic heterocycles. The van der Waals surface area contributed by atoms with E-state index in [1.54, 1.807) is 0 Å². The van der Waals surface area contributed by atoms with Crippen LogP contribution in [-0.2, 0) is 32.6 Å². The first kappa shape index (κ1) is 28.9. The van der Waals surface area contributed by atoms with Gasteiger partial charge in [0, 0.05) is 0 Å². The van der Waals surface area contributed by atoms with Gasteiger partial charge in [0.2, 0.25) is 0 Å². The molecule has 0 unspecified atom stereocenters. The van der Waals surface area contributed by atoms with Gasteiger partial charge in [-0.15, -0.1) is 0 Å². The standard InChI is InChI=1S/C11H17.C10H15.2ClH.Zr/c1-2-3-4-5-8-11-9-6-7-10-11;1-6-7(2)9(4)10(5)8(6)3;;;/h6-7,9-10H,2-5,8H2,1H3;1-5H3;2*1H;/q2*-1;;;+4/p-2. The Kier molecular flexibility index (Phi) is 18.6. The predicted octanol–water partition coefficient (Wildman–Crippen LogP) is 0.481. The third-order valence-corrected chi connectivity index (χ3v) is 4.86. The van der Waals surface area contributed by atoms with Crippen LogP contribution in [0.25, 0.3) is 0 Å². The second-order valence-corrected chi connectivity index (χ2v) is 6.23. The molecular weight excluding hydrogens is 414 g/mol. The third kappa shape index (κ3) is 9.03. The topological polar surface area (TPSA) is 0 Å². The summed E-state index contributed by atoms with van der Waals surface area (Å²) >= 11 is 0. The van der Waals surface area contributed by atoms with Gasteiger partial charge in [-0.2, -0.15) is 45.5 Å². The molecule has 0 saturated heterocycles. The van der Waals surface area contributed by atoms with E-state index in [1.165, 1.54) is 65.5 Å². The Balaban J connectivity index is -0.000000328. The molecule has 0 atom stereocenters. The maximum absolute atomic E-state index is 2.25. The van der Waals surface area contributed by atoms with E-state index >= 15 is 0 Å². The van der Waals surface area contributed by atoms with Crippen molar-refractivity contribution in [2.75, 3.05) is 0 Å². The van der Waals surface area contributed by atoms with Crippen LogP contribution in [0.1, 0.15) is 66.0 Å². The molecule has 2 aromatic carbocycles. The van der Waals surface area contributed by atoms with Gasteiger partial charge in [-0.1, -0.05) is 73.6 Å². The summed E-state index contributed by atoms with van der Waals surface area (Å²) < 4.78 is 0. The zero-order chi connectivity index (χ0) is 15.8. The van der Waals surface area contributed by atoms with Gasteiger partial charge in [0.05, 0.1) is 0 Å². The molecule has 0 spiro atoms. The summed E-state index contributed by atoms with van der Waals surface area (Å²) in [5, 5.41) is 0. The molecule has 2 rings (SSSR count). The van der Waals surface area contributed by atoms with E-state index in [9.17, 15) is 0 Å². The van der Waals surface area contributed by atoms with E-state index in [1.807, 2.05) is 0 Å². The smallest absolute Gasteiger partial charge is 1.00 e. The average molecular weight is 447 g/mol. The van der Waals surface area contributed by atoms with E-state index < -0.39 is 0 Å². The minimum atomic E-state index is 0. The van der Waals surface area contributed by atoms with Crippen molar-refractivity contribution in [3.8, 4) is 0 Å². The number of rotatable bonds is 5. The first-order valence-corrected chi connectivity index (χ1v) is 8.39. The molecule has 0 aromatic heterocycles. The normalized spacial score (nSPS) is 9.08. The van der Waals surface area contributed by atoms with Crippen LogP contribution in [0, 0.1) is 34.6 Å². The molecule has 24 heavy (non-hydrogen) atoms. The molecule has 0 radical (unpaired) electrons. The quantitative estimate of drug-likeness (QED) is 0.463. The second kappa shape index (κ2) is 15.4. The Hall–Kier alpha value is 0.163. The van der Waals surface area contributed by atoms with Gasteiger partial charge in [0.15, 0.2) is 0 Å². The number of halogens is 2. The van der Waals surface area contributed by atoms with Gasteiger partial charge in [-0.05, 0) is 0 Å². The summed E-state index contributed by atoms with van der Waals surface area (Å²) in [5.41, 5.74) is 8.84. The van der Waals surface area contributed by atoms with Crippen LogP contribution in [0.4, 0.5) is 0 Å². The van der Waals surface area contributed by atoms with Crippen molar-refractivity contribution in [2.45, 2.75) is 73.6 Å². The fourth-order valence-corrected chi connectivity index (χ4v) is 2.74. The van der Waals surface area contributed by atoms with Crippen LogP contribution in [0.5, 0.6) is 0 Å². The van der Waals surface area contributed by atoms with E-state index in [0.29, 0.717) is 0 Å². The Labute approximate surface area is 181 Å². The van der Waals surface area contributed by atoms with Crippen molar-refractivity contribution in [3.05, 3.63) is 57.6 Å². The van der Waals surface area contributed by atoms with Crippen LogP contribution >= 0.6 is 0 Å². The van der Waals surface area contributed by atoms with Gasteiger partial charge in [-0.3, -0.25) is 0 Å². The summed E-state index contributed by atoms with van der Waals surface area (Å²) in [7, 11) is 0. The van der Waals surface area contributed by atoms with Crippen LogP contribution in [-0.4, -0.2) is 0 Å². The average Bonchev–Trinajstić information content (AvgIpc) is 3.06. The third-order valence-electron chi connectivity index (χ3n) is 4.86. The van der Waals surface area contributed by atoms with Crippen LogP contribution in [0.2, 0.25) is 0 Å². The summed E-state index contributed by atoms with van der Waals surface area (Å²) in [6.07, 6.45) is 6.74. The zero-order valence-corrected chi connectivity index (χ0v) is 20.1. The fraction of sp³-hybridized carbons (Fsp3) is 0.524. The van der Waals surface area contributed by atoms with Crippen LogP contribution < -0.4 is 24.8 Å². The van der Waals surface area contributed by atoms with Gasteiger partial charge < -0.3 is 24.8 Å². The minimum absolute atomic E-state index is 0. The molecule has 0 aliphatic rings. The van der Waals surface area contributed by atoms with Gasteiger partial charge in [0.1, 0.15) is 0 Å². The minimum Gasteiger partial charge on any atom is -1.00 e. The molecule has 3 heteroatoms. The fourth-order valence-electron chi connectivity index (χ4n) is 2.74.